The van der Waals surface area contributed by atoms with Crippen LogP contribution in [0.25, 0.3) is 0 Å². The molecule has 4 atom stereocenters. The zero-order valence-electron chi connectivity index (χ0n) is 21.8. The van der Waals surface area contributed by atoms with Crippen LogP contribution in [0.3, 0.4) is 0 Å². The van der Waals surface area contributed by atoms with Crippen LogP contribution in [0.1, 0.15) is 48.6 Å². The molecule has 2 aliphatic heterocycles. The smallest absolute Gasteiger partial charge is 0.312 e. The van der Waals surface area contributed by atoms with Gasteiger partial charge in [0.25, 0.3) is 0 Å². The van der Waals surface area contributed by atoms with E-state index in [1.54, 1.807) is 40.7 Å². The summed E-state index contributed by atoms with van der Waals surface area (Å²) in [5.41, 5.74) is 0.666. The summed E-state index contributed by atoms with van der Waals surface area (Å²) in [5, 5.41) is 6.88. The minimum atomic E-state index is -3.80. The minimum absolute atomic E-state index is 0.0177. The third-order valence-electron chi connectivity index (χ3n) is 7.88. The van der Waals surface area contributed by atoms with Crippen LogP contribution in [0.4, 0.5) is 14.5 Å². The van der Waals surface area contributed by atoms with Gasteiger partial charge in [0.2, 0.25) is 10.0 Å². The number of carbonyl (C=O) groups excluding carboxylic acids is 1. The summed E-state index contributed by atoms with van der Waals surface area (Å²) in [4.78, 5) is 14.2. The van der Waals surface area contributed by atoms with Crippen LogP contribution in [0, 0.1) is 17.6 Å². The Labute approximate surface area is 226 Å². The number of esters is 1. The Morgan fingerprint density at radius 3 is 2.46 bits per heavy atom. The van der Waals surface area contributed by atoms with Crippen molar-refractivity contribution in [2.45, 2.75) is 50.1 Å². The van der Waals surface area contributed by atoms with Gasteiger partial charge in [-0.2, -0.15) is 4.31 Å². The summed E-state index contributed by atoms with van der Waals surface area (Å²) in [7, 11) is -2.51. The average molecular weight is 560 g/mol. The first kappa shape index (κ1) is 27.2. The van der Waals surface area contributed by atoms with Crippen molar-refractivity contribution < 1.29 is 26.7 Å². The zero-order chi connectivity index (χ0) is 27.7. The predicted octanol–water partition coefficient (Wildman–Crippen LogP) is 3.85. The van der Waals surface area contributed by atoms with Crippen molar-refractivity contribution in [3.05, 3.63) is 77.9 Å². The third-order valence-corrected chi connectivity index (χ3v) is 10.2. The topological polar surface area (TPSA) is 97.6 Å². The molecule has 0 amide bonds. The maximum absolute atomic E-state index is 15.5. The van der Waals surface area contributed by atoms with Crippen molar-refractivity contribution in [1.82, 2.24) is 19.1 Å². The molecular formula is C27H31F2N5O4S. The molecule has 3 heterocycles. The van der Waals surface area contributed by atoms with Crippen LogP contribution in [0.2, 0.25) is 0 Å². The van der Waals surface area contributed by atoms with Crippen molar-refractivity contribution in [2.24, 2.45) is 5.92 Å². The van der Waals surface area contributed by atoms with Crippen LogP contribution >= 0.6 is 0 Å². The Hall–Kier alpha value is -3.38. The number of nitrogens with zero attached hydrogens (tertiary/aromatic N) is 5. The van der Waals surface area contributed by atoms with Crippen molar-refractivity contribution in [3.63, 3.8) is 0 Å². The molecule has 0 spiro atoms. The highest BCUT2D eigenvalue weighted by Gasteiger charge is 2.41. The van der Waals surface area contributed by atoms with Gasteiger partial charge in [0.15, 0.2) is 0 Å². The molecule has 0 radical (unpaired) electrons. The second kappa shape index (κ2) is 11.0. The molecule has 0 bridgehead atoms. The van der Waals surface area contributed by atoms with Gasteiger partial charge in [-0.05, 0) is 37.8 Å². The quantitative estimate of drug-likeness (QED) is 0.423. The number of methoxy groups -OCH3 is 1. The van der Waals surface area contributed by atoms with Gasteiger partial charge in [-0.15, -0.1) is 10.2 Å². The van der Waals surface area contributed by atoms with E-state index in [4.69, 9.17) is 4.74 Å². The van der Waals surface area contributed by atoms with Crippen molar-refractivity contribution in [1.29, 1.82) is 0 Å². The molecule has 9 nitrogen and oxygen atoms in total. The van der Waals surface area contributed by atoms with Crippen molar-refractivity contribution >= 4 is 21.7 Å². The second-order valence-corrected chi connectivity index (χ2v) is 12.2. The molecule has 2 fully saturated rings. The van der Waals surface area contributed by atoms with Gasteiger partial charge in [-0.3, -0.25) is 4.79 Å². The van der Waals surface area contributed by atoms with Crippen molar-refractivity contribution in [2.75, 3.05) is 25.1 Å². The standard InChI is InChI=1S/C27H31F2N5O4S/c1-18-8-9-26(19-6-4-3-5-7-19)39(36,37)34(18)14-20-12-23(29)25(13-22(20)28)32-11-10-24(33-16-30-31-17-33)21(15-32)27(35)38-2/h3-7,12-13,16-18,21,24,26H,8-11,14-15H2,1-2H3/t18-,21-,24-,26-/m1/s1. The average Bonchev–Trinajstić information content (AvgIpc) is 3.47. The Morgan fingerprint density at radius 1 is 1.05 bits per heavy atom. The second-order valence-electron chi connectivity index (χ2n) is 10.2. The number of rotatable bonds is 6. The Balaban J connectivity index is 1.38. The van der Waals surface area contributed by atoms with Crippen LogP contribution in [-0.2, 0) is 26.1 Å². The van der Waals surface area contributed by atoms with E-state index in [2.05, 4.69) is 10.2 Å². The van der Waals surface area contributed by atoms with E-state index in [9.17, 15) is 13.2 Å². The summed E-state index contributed by atoms with van der Waals surface area (Å²) in [6.45, 7) is 1.99. The Morgan fingerprint density at radius 2 is 1.77 bits per heavy atom. The monoisotopic (exact) mass is 559 g/mol. The fourth-order valence-corrected chi connectivity index (χ4v) is 7.93. The lowest BCUT2D eigenvalue weighted by Gasteiger charge is -2.39. The normalized spacial score (nSPS) is 25.4. The van der Waals surface area contributed by atoms with E-state index in [1.807, 2.05) is 6.07 Å². The fourth-order valence-electron chi connectivity index (χ4n) is 5.74. The predicted molar refractivity (Wildman–Crippen MR) is 140 cm³/mol. The maximum Gasteiger partial charge on any atom is 0.312 e. The number of hydrogen-bond donors (Lipinski definition) is 0. The van der Waals surface area contributed by atoms with E-state index < -0.39 is 38.8 Å². The van der Waals surface area contributed by atoms with Gasteiger partial charge in [0.1, 0.15) is 29.5 Å². The zero-order valence-corrected chi connectivity index (χ0v) is 22.6. The molecule has 2 aromatic carbocycles. The van der Waals surface area contributed by atoms with Gasteiger partial charge < -0.3 is 14.2 Å². The first-order valence-electron chi connectivity index (χ1n) is 12.9. The number of piperidine rings is 1. The third kappa shape index (κ3) is 5.27. The largest absolute Gasteiger partial charge is 0.469 e. The highest BCUT2D eigenvalue weighted by molar-refractivity contribution is 7.89. The molecule has 5 rings (SSSR count). The van der Waals surface area contributed by atoms with Gasteiger partial charge in [-0.1, -0.05) is 30.3 Å². The van der Waals surface area contributed by atoms with E-state index >= 15 is 8.78 Å². The lowest BCUT2D eigenvalue weighted by Crippen LogP contribution is -2.45. The minimum Gasteiger partial charge on any atom is -0.469 e. The highest BCUT2D eigenvalue weighted by Crippen LogP contribution is 2.39. The highest BCUT2D eigenvalue weighted by atomic mass is 32.2. The molecule has 0 N–H and O–H groups in total. The molecular weight excluding hydrogens is 528 g/mol. The number of ether oxygens (including phenoxy) is 1. The van der Waals surface area contributed by atoms with E-state index in [0.717, 1.165) is 12.1 Å². The molecule has 1 aromatic heterocycles. The summed E-state index contributed by atoms with van der Waals surface area (Å²) in [5.74, 6) is -2.49. The summed E-state index contributed by atoms with van der Waals surface area (Å²) < 4.78 is 66.0. The SMILES string of the molecule is COC(=O)[C@@H]1CN(c2cc(F)c(CN3[C@H](C)CC[C@H](c4ccccc4)S3(=O)=O)cc2F)CC[C@H]1n1cnnc1. The Bertz CT molecular complexity index is 1420. The van der Waals surface area contributed by atoms with Crippen LogP contribution in [0.15, 0.2) is 55.1 Å². The van der Waals surface area contributed by atoms with E-state index in [-0.39, 0.29) is 36.4 Å². The summed E-state index contributed by atoms with van der Waals surface area (Å²) >= 11 is 0. The Kier molecular flexibility index (Phi) is 7.68. The summed E-state index contributed by atoms with van der Waals surface area (Å²) in [6.07, 6.45) is 4.57. The fraction of sp³-hybridized carbons (Fsp3) is 0.444. The number of carbonyl (C=O) groups is 1. The molecule has 0 unspecified atom stereocenters. The lowest BCUT2D eigenvalue weighted by molar-refractivity contribution is -0.147. The molecule has 2 saturated heterocycles. The first-order chi connectivity index (χ1) is 18.7. The number of aromatic nitrogens is 3. The lowest BCUT2D eigenvalue weighted by atomic mass is 9.91. The van der Waals surface area contributed by atoms with Crippen LogP contribution in [-0.4, -0.2) is 59.7 Å². The number of benzene rings is 2. The molecule has 0 aliphatic carbocycles. The molecule has 3 aromatic rings. The van der Waals surface area contributed by atoms with Crippen molar-refractivity contribution in [3.8, 4) is 0 Å². The molecule has 2 aliphatic rings. The summed E-state index contributed by atoms with van der Waals surface area (Å²) in [6, 6.07) is 10.5. The number of hydrogen-bond acceptors (Lipinski definition) is 7. The molecule has 0 saturated carbocycles. The van der Waals surface area contributed by atoms with Gasteiger partial charge in [-0.25, -0.2) is 17.2 Å². The van der Waals surface area contributed by atoms with Gasteiger partial charge in [0, 0.05) is 37.3 Å². The van der Waals surface area contributed by atoms with Gasteiger partial charge in [0.05, 0.1) is 24.8 Å². The first-order valence-corrected chi connectivity index (χ1v) is 14.4. The molecule has 39 heavy (non-hydrogen) atoms. The molecule has 12 heteroatoms. The number of anilines is 1. The maximum atomic E-state index is 15.5. The van der Waals surface area contributed by atoms with E-state index in [1.165, 1.54) is 24.1 Å². The van der Waals surface area contributed by atoms with Crippen LogP contribution < -0.4 is 4.90 Å². The molecule has 208 valence electrons. The van der Waals surface area contributed by atoms with E-state index in [0.29, 0.717) is 31.4 Å². The number of halogens is 2. The van der Waals surface area contributed by atoms with Gasteiger partial charge >= 0.3 is 5.97 Å². The van der Waals surface area contributed by atoms with Crippen LogP contribution in [0.5, 0.6) is 0 Å². The number of sulfonamides is 1.